The van der Waals surface area contributed by atoms with Crippen LogP contribution in [-0.2, 0) is 4.74 Å². The van der Waals surface area contributed by atoms with Crippen molar-refractivity contribution in [1.82, 2.24) is 4.90 Å². The van der Waals surface area contributed by atoms with Gasteiger partial charge in [0.2, 0.25) is 0 Å². The van der Waals surface area contributed by atoms with Crippen LogP contribution in [0.2, 0.25) is 0 Å². The first kappa shape index (κ1) is 7.65. The van der Waals surface area contributed by atoms with Gasteiger partial charge in [-0.25, -0.2) is 4.79 Å². The van der Waals surface area contributed by atoms with E-state index < -0.39 is 12.3 Å². The number of nitrogens with zero attached hydrogens (tertiary/aromatic N) is 1. The van der Waals surface area contributed by atoms with E-state index in [9.17, 15) is 4.79 Å². The van der Waals surface area contributed by atoms with Crippen LogP contribution >= 0.6 is 0 Å². The maximum absolute atomic E-state index is 10.4. The van der Waals surface area contributed by atoms with E-state index in [4.69, 9.17) is 9.84 Å². The van der Waals surface area contributed by atoms with Gasteiger partial charge < -0.3 is 9.84 Å². The number of hydrogen-bond acceptors (Lipinski definition) is 2. The molecule has 0 saturated carbocycles. The highest BCUT2D eigenvalue weighted by Crippen LogP contribution is 2.05. The highest BCUT2D eigenvalue weighted by atomic mass is 16.5. The Bertz CT molecular complexity index is 210. The van der Waals surface area contributed by atoms with Crippen molar-refractivity contribution in [2.45, 2.75) is 6.23 Å². The lowest BCUT2D eigenvalue weighted by Crippen LogP contribution is -2.36. The van der Waals surface area contributed by atoms with Crippen LogP contribution in [-0.4, -0.2) is 29.4 Å². The lowest BCUT2D eigenvalue weighted by atomic mass is 10.4. The molecule has 11 heavy (non-hydrogen) atoms. The van der Waals surface area contributed by atoms with Gasteiger partial charge in [-0.15, -0.1) is 0 Å². The lowest BCUT2D eigenvalue weighted by Gasteiger charge is -2.22. The number of carbonyl (C=O) groups is 1. The van der Waals surface area contributed by atoms with Gasteiger partial charge >= 0.3 is 6.09 Å². The van der Waals surface area contributed by atoms with Crippen molar-refractivity contribution in [1.29, 1.82) is 0 Å². The zero-order chi connectivity index (χ0) is 8.27. The molecule has 1 unspecified atom stereocenters. The SMILES string of the molecule is CN(C(=O)O)C1C=CC=CO1. The molecule has 0 aromatic carbocycles. The molecular formula is C7H9NO3. The third-order valence-corrected chi connectivity index (χ3v) is 1.37. The first-order chi connectivity index (χ1) is 5.22. The van der Waals surface area contributed by atoms with Gasteiger partial charge in [0.15, 0.2) is 6.23 Å². The second kappa shape index (κ2) is 3.09. The smallest absolute Gasteiger partial charge is 0.410 e. The number of hydrogen-bond donors (Lipinski definition) is 1. The highest BCUT2D eigenvalue weighted by Gasteiger charge is 2.16. The van der Waals surface area contributed by atoms with Gasteiger partial charge in [0.25, 0.3) is 0 Å². The molecule has 4 nitrogen and oxygen atoms in total. The Hall–Kier alpha value is -1.45. The van der Waals surface area contributed by atoms with Crippen molar-refractivity contribution in [2.75, 3.05) is 7.05 Å². The van der Waals surface area contributed by atoms with E-state index in [1.807, 2.05) is 0 Å². The van der Waals surface area contributed by atoms with Crippen molar-refractivity contribution in [3.8, 4) is 0 Å². The molecule has 1 aliphatic heterocycles. The van der Waals surface area contributed by atoms with Crippen molar-refractivity contribution in [2.24, 2.45) is 0 Å². The number of likely N-dealkylation sites (N-methyl/N-ethyl adjacent to an activating group) is 1. The minimum atomic E-state index is -1.00. The van der Waals surface area contributed by atoms with Gasteiger partial charge in [0.05, 0.1) is 6.26 Å². The molecule has 0 bridgehead atoms. The van der Waals surface area contributed by atoms with E-state index in [0.717, 1.165) is 4.90 Å². The van der Waals surface area contributed by atoms with Crippen LogP contribution < -0.4 is 0 Å². The van der Waals surface area contributed by atoms with Crippen molar-refractivity contribution in [3.05, 3.63) is 24.5 Å². The summed E-state index contributed by atoms with van der Waals surface area (Å²) in [4.78, 5) is 11.5. The Morgan fingerprint density at radius 2 is 2.36 bits per heavy atom. The number of allylic oxidation sites excluding steroid dienone is 2. The average molecular weight is 155 g/mol. The largest absolute Gasteiger partial charge is 0.474 e. The maximum Gasteiger partial charge on any atom is 0.410 e. The first-order valence-corrected chi connectivity index (χ1v) is 3.16. The molecule has 0 aromatic rings. The van der Waals surface area contributed by atoms with Crippen LogP contribution in [0, 0.1) is 0 Å². The summed E-state index contributed by atoms with van der Waals surface area (Å²) in [5.41, 5.74) is 0. The van der Waals surface area contributed by atoms with Gasteiger partial charge in [0, 0.05) is 7.05 Å². The first-order valence-electron chi connectivity index (χ1n) is 3.16. The van der Waals surface area contributed by atoms with Crippen LogP contribution in [0.5, 0.6) is 0 Å². The molecule has 0 spiro atoms. The summed E-state index contributed by atoms with van der Waals surface area (Å²) in [6, 6.07) is 0. The molecule has 1 atom stereocenters. The zero-order valence-corrected chi connectivity index (χ0v) is 6.10. The van der Waals surface area contributed by atoms with Crippen molar-refractivity contribution >= 4 is 6.09 Å². The normalized spacial score (nSPS) is 21.0. The Morgan fingerprint density at radius 3 is 2.82 bits per heavy atom. The topological polar surface area (TPSA) is 49.8 Å². The molecular weight excluding hydrogens is 146 g/mol. The number of amides is 1. The molecule has 1 amide bonds. The summed E-state index contributed by atoms with van der Waals surface area (Å²) in [5.74, 6) is 0. The predicted molar refractivity (Wildman–Crippen MR) is 38.9 cm³/mol. The molecule has 0 saturated heterocycles. The number of ether oxygens (including phenoxy) is 1. The third-order valence-electron chi connectivity index (χ3n) is 1.37. The third kappa shape index (κ3) is 1.73. The fourth-order valence-corrected chi connectivity index (χ4v) is 0.705. The summed E-state index contributed by atoms with van der Waals surface area (Å²) in [7, 11) is 1.45. The Kier molecular flexibility index (Phi) is 2.15. The molecule has 0 radical (unpaired) electrons. The quantitative estimate of drug-likeness (QED) is 0.615. The van der Waals surface area contributed by atoms with E-state index >= 15 is 0 Å². The molecule has 1 rings (SSSR count). The molecule has 0 aromatic heterocycles. The summed E-state index contributed by atoms with van der Waals surface area (Å²) < 4.78 is 4.98. The average Bonchev–Trinajstić information content (AvgIpc) is 2.05. The minimum Gasteiger partial charge on any atom is -0.474 e. The summed E-state index contributed by atoms with van der Waals surface area (Å²) in [5, 5.41) is 8.52. The Balaban J connectivity index is 2.55. The standard InChI is InChI=1S/C7H9NO3/c1-8(7(9)10)6-4-2-3-5-11-6/h2-6H,1H3,(H,9,10). The fraction of sp³-hybridized carbons (Fsp3) is 0.286. The zero-order valence-electron chi connectivity index (χ0n) is 6.10. The molecule has 60 valence electrons. The van der Waals surface area contributed by atoms with Crippen LogP contribution in [0.1, 0.15) is 0 Å². The second-order valence-electron chi connectivity index (χ2n) is 2.13. The van der Waals surface area contributed by atoms with E-state index in [1.165, 1.54) is 13.3 Å². The number of carboxylic acid groups (broad SMARTS) is 1. The van der Waals surface area contributed by atoms with Gasteiger partial charge in [0.1, 0.15) is 0 Å². The minimum absolute atomic E-state index is 0.488. The summed E-state index contributed by atoms with van der Waals surface area (Å²) >= 11 is 0. The van der Waals surface area contributed by atoms with Gasteiger partial charge in [-0.2, -0.15) is 0 Å². The predicted octanol–water partition coefficient (Wildman–Crippen LogP) is 1.02. The maximum atomic E-state index is 10.4. The lowest BCUT2D eigenvalue weighted by molar-refractivity contribution is 0.0450. The monoisotopic (exact) mass is 155 g/mol. The fourth-order valence-electron chi connectivity index (χ4n) is 0.705. The van der Waals surface area contributed by atoms with Gasteiger partial charge in [-0.05, 0) is 12.2 Å². The van der Waals surface area contributed by atoms with Gasteiger partial charge in [-0.1, -0.05) is 6.08 Å². The van der Waals surface area contributed by atoms with Crippen molar-refractivity contribution in [3.63, 3.8) is 0 Å². The van der Waals surface area contributed by atoms with E-state index in [2.05, 4.69) is 0 Å². The highest BCUT2D eigenvalue weighted by molar-refractivity contribution is 5.65. The summed E-state index contributed by atoms with van der Waals surface area (Å²) in [6.07, 6.45) is 5.07. The molecule has 1 N–H and O–H groups in total. The van der Waals surface area contributed by atoms with Crippen LogP contribution in [0.25, 0.3) is 0 Å². The Morgan fingerprint density at radius 1 is 1.64 bits per heavy atom. The van der Waals surface area contributed by atoms with Crippen molar-refractivity contribution < 1.29 is 14.6 Å². The molecule has 1 heterocycles. The molecule has 1 aliphatic rings. The summed E-state index contributed by atoms with van der Waals surface area (Å²) in [6.45, 7) is 0. The number of rotatable bonds is 1. The van der Waals surface area contributed by atoms with Crippen LogP contribution in [0.15, 0.2) is 24.5 Å². The molecule has 0 aliphatic carbocycles. The molecule has 4 heteroatoms. The Labute approximate surface area is 64.4 Å². The van der Waals surface area contributed by atoms with Crippen LogP contribution in [0.3, 0.4) is 0 Å². The van der Waals surface area contributed by atoms with Gasteiger partial charge in [-0.3, -0.25) is 4.90 Å². The molecule has 0 fully saturated rings. The van der Waals surface area contributed by atoms with Crippen LogP contribution in [0.4, 0.5) is 4.79 Å². The van der Waals surface area contributed by atoms with E-state index in [0.29, 0.717) is 0 Å². The second-order valence-corrected chi connectivity index (χ2v) is 2.13. The van der Waals surface area contributed by atoms with E-state index in [1.54, 1.807) is 18.2 Å². The van der Waals surface area contributed by atoms with E-state index in [-0.39, 0.29) is 0 Å².